The molecule has 1 saturated carbocycles. The van der Waals surface area contributed by atoms with Crippen molar-refractivity contribution in [2.45, 2.75) is 50.9 Å². The number of primary amides is 1. The standard InChI is InChI=1S/C32H37N3O8/c1-14(2)34-13-15-6-9-22(43-5)18(10-15)17-7-8-21(36)24-19(17)11-16-12-20-26(35(3)4)28(38)25(31(33)41)30(40)32(20,42)29(39)23(16)27(24)37/h6-10,14,16,20,26,34,36-37,40,42H,11-13H2,1-5H3,(H2,33,41)/t16-,20-,26+,32+/m1/s1. The molecule has 2 aromatic carbocycles. The number of nitrogens with two attached hydrogens (primary N) is 1. The van der Waals surface area contributed by atoms with Gasteiger partial charge in [-0.05, 0) is 67.7 Å². The number of ketones is 2. The monoisotopic (exact) mass is 591 g/mol. The largest absolute Gasteiger partial charge is 0.508 e. The summed E-state index contributed by atoms with van der Waals surface area (Å²) in [6, 6.07) is 8.03. The van der Waals surface area contributed by atoms with E-state index in [1.165, 1.54) is 11.0 Å². The van der Waals surface area contributed by atoms with Gasteiger partial charge in [-0.3, -0.25) is 19.3 Å². The molecule has 11 nitrogen and oxygen atoms in total. The number of aliphatic hydroxyl groups excluding tert-OH is 2. The molecule has 0 radical (unpaired) electrons. The Morgan fingerprint density at radius 1 is 1.14 bits per heavy atom. The normalized spacial score (nSPS) is 25.2. The summed E-state index contributed by atoms with van der Waals surface area (Å²) in [5.41, 5.74) is 4.66. The minimum atomic E-state index is -2.68. The van der Waals surface area contributed by atoms with Gasteiger partial charge in [-0.15, -0.1) is 0 Å². The van der Waals surface area contributed by atoms with Gasteiger partial charge in [0.1, 0.15) is 28.6 Å². The Labute approximate surface area is 249 Å². The van der Waals surface area contributed by atoms with Crippen molar-refractivity contribution in [3.05, 3.63) is 63.9 Å². The van der Waals surface area contributed by atoms with Gasteiger partial charge in [0.2, 0.25) is 5.78 Å². The Morgan fingerprint density at radius 2 is 1.84 bits per heavy atom. The highest BCUT2D eigenvalue weighted by Gasteiger charge is 2.64. The number of aliphatic hydroxyl groups is 3. The number of nitrogens with one attached hydrogen (secondary N) is 1. The lowest BCUT2D eigenvalue weighted by Gasteiger charge is -2.50. The van der Waals surface area contributed by atoms with Crippen LogP contribution in [0.2, 0.25) is 0 Å². The number of likely N-dealkylation sites (N-methyl/N-ethyl adjacent to an activating group) is 1. The second-order valence-corrected chi connectivity index (χ2v) is 12.0. The molecule has 228 valence electrons. The summed E-state index contributed by atoms with van der Waals surface area (Å²) in [4.78, 5) is 41.1. The molecule has 0 bridgehead atoms. The van der Waals surface area contributed by atoms with Crippen LogP contribution in [0.3, 0.4) is 0 Å². The molecule has 2 aromatic rings. The number of benzene rings is 2. The number of rotatable bonds is 7. The van der Waals surface area contributed by atoms with Crippen molar-refractivity contribution in [3.63, 3.8) is 0 Å². The number of nitrogens with zero attached hydrogens (tertiary/aromatic N) is 1. The zero-order valence-corrected chi connectivity index (χ0v) is 24.8. The lowest BCUT2D eigenvalue weighted by atomic mass is 9.57. The van der Waals surface area contributed by atoms with Crippen molar-refractivity contribution in [3.8, 4) is 22.6 Å². The third-order valence-corrected chi connectivity index (χ3v) is 8.87. The summed E-state index contributed by atoms with van der Waals surface area (Å²) in [6.07, 6.45) is 0.187. The van der Waals surface area contributed by atoms with Crippen LogP contribution in [-0.4, -0.2) is 81.7 Å². The third kappa shape index (κ3) is 4.59. The van der Waals surface area contributed by atoms with Crippen molar-refractivity contribution < 1.29 is 39.5 Å². The van der Waals surface area contributed by atoms with Gasteiger partial charge in [-0.2, -0.15) is 0 Å². The number of amides is 1. The van der Waals surface area contributed by atoms with Crippen LogP contribution < -0.4 is 15.8 Å². The van der Waals surface area contributed by atoms with E-state index >= 15 is 0 Å². The molecule has 11 heteroatoms. The molecule has 3 aliphatic carbocycles. The molecular formula is C32H37N3O8. The number of phenolic OH excluding ortho intramolecular Hbond substituents is 1. The summed E-state index contributed by atoms with van der Waals surface area (Å²) in [6.45, 7) is 4.70. The minimum Gasteiger partial charge on any atom is -0.508 e. The molecule has 0 aromatic heterocycles. The highest BCUT2D eigenvalue weighted by molar-refractivity contribution is 6.24. The van der Waals surface area contributed by atoms with Crippen LogP contribution >= 0.6 is 0 Å². The van der Waals surface area contributed by atoms with Crippen LogP contribution in [0.15, 0.2) is 47.2 Å². The van der Waals surface area contributed by atoms with Crippen LogP contribution in [-0.2, 0) is 27.3 Å². The number of aromatic hydroxyl groups is 1. The number of Topliss-reactive ketones (excluding diaryl/α,β-unsaturated/α-hetero) is 2. The quantitative estimate of drug-likeness (QED) is 0.261. The fourth-order valence-corrected chi connectivity index (χ4v) is 6.89. The van der Waals surface area contributed by atoms with Gasteiger partial charge in [-0.1, -0.05) is 26.0 Å². The minimum absolute atomic E-state index is 0.0103. The molecule has 4 atom stereocenters. The topological polar surface area (TPSA) is 183 Å². The maximum Gasteiger partial charge on any atom is 0.255 e. The fraction of sp³-hybridized carbons (Fsp3) is 0.406. The van der Waals surface area contributed by atoms with E-state index in [-0.39, 0.29) is 35.8 Å². The van der Waals surface area contributed by atoms with Crippen LogP contribution in [0, 0.1) is 11.8 Å². The van der Waals surface area contributed by atoms with Gasteiger partial charge < -0.3 is 36.2 Å². The Morgan fingerprint density at radius 3 is 2.44 bits per heavy atom. The van der Waals surface area contributed by atoms with Crippen molar-refractivity contribution in [1.82, 2.24) is 10.2 Å². The van der Waals surface area contributed by atoms with Crippen molar-refractivity contribution >= 4 is 23.2 Å². The number of hydrogen-bond acceptors (Lipinski definition) is 10. The highest BCUT2D eigenvalue weighted by Crippen LogP contribution is 2.54. The molecule has 43 heavy (non-hydrogen) atoms. The smallest absolute Gasteiger partial charge is 0.255 e. The predicted molar refractivity (Wildman–Crippen MR) is 158 cm³/mol. The van der Waals surface area contributed by atoms with Gasteiger partial charge in [0.05, 0.1) is 18.7 Å². The van der Waals surface area contributed by atoms with Gasteiger partial charge in [0, 0.05) is 29.6 Å². The van der Waals surface area contributed by atoms with E-state index in [2.05, 4.69) is 5.32 Å². The zero-order valence-electron chi connectivity index (χ0n) is 24.8. The summed E-state index contributed by atoms with van der Waals surface area (Å²) in [5.74, 6) is -6.28. The summed E-state index contributed by atoms with van der Waals surface area (Å²) in [7, 11) is 4.68. The molecule has 7 N–H and O–H groups in total. The van der Waals surface area contributed by atoms with E-state index in [1.807, 2.05) is 32.0 Å². The number of hydrogen-bond donors (Lipinski definition) is 6. The second kappa shape index (κ2) is 10.8. The van der Waals surface area contributed by atoms with Gasteiger partial charge in [0.15, 0.2) is 11.4 Å². The fourth-order valence-electron chi connectivity index (χ4n) is 6.89. The number of methoxy groups -OCH3 is 1. The van der Waals surface area contributed by atoms with Crippen molar-refractivity contribution in [2.24, 2.45) is 17.6 Å². The molecular weight excluding hydrogens is 554 g/mol. The Balaban J connectivity index is 1.70. The van der Waals surface area contributed by atoms with E-state index in [4.69, 9.17) is 10.5 Å². The van der Waals surface area contributed by atoms with Crippen LogP contribution in [0.1, 0.15) is 37.0 Å². The number of carbonyl (C=O) groups is 3. The molecule has 0 saturated heterocycles. The van der Waals surface area contributed by atoms with Gasteiger partial charge in [-0.25, -0.2) is 0 Å². The molecule has 3 aliphatic rings. The van der Waals surface area contributed by atoms with Crippen LogP contribution in [0.4, 0.5) is 0 Å². The Kier molecular flexibility index (Phi) is 7.62. The number of fused-ring (bicyclic) bond motifs is 3. The first kappa shape index (κ1) is 30.3. The molecule has 0 spiro atoms. The average molecular weight is 592 g/mol. The lowest BCUT2D eigenvalue weighted by molar-refractivity contribution is -0.153. The molecule has 1 fully saturated rings. The van der Waals surface area contributed by atoms with E-state index in [0.29, 0.717) is 23.4 Å². The second-order valence-electron chi connectivity index (χ2n) is 12.0. The van der Waals surface area contributed by atoms with Crippen molar-refractivity contribution in [2.75, 3.05) is 21.2 Å². The highest BCUT2D eigenvalue weighted by atomic mass is 16.5. The zero-order chi connectivity index (χ0) is 31.5. The first-order valence-corrected chi connectivity index (χ1v) is 14.1. The van der Waals surface area contributed by atoms with E-state index in [0.717, 1.165) is 11.1 Å². The molecule has 0 unspecified atom stereocenters. The molecule has 5 rings (SSSR count). The summed E-state index contributed by atoms with van der Waals surface area (Å²) in [5, 5.41) is 48.7. The Hall–Kier alpha value is -4.19. The number of carbonyl (C=O) groups excluding carboxylic acids is 3. The van der Waals surface area contributed by atoms with Gasteiger partial charge >= 0.3 is 0 Å². The van der Waals surface area contributed by atoms with Crippen molar-refractivity contribution in [1.29, 1.82) is 0 Å². The Bertz CT molecular complexity index is 1610. The SMILES string of the molecule is COc1ccc(CNC(C)C)cc1-c1ccc(O)c2c1C[C@@H]1C[C@@H]3[C@H](N(C)C)C(=O)C(C(N)=O)=C(O)[C@@]3(O)C(=O)C1=C2O. The van der Waals surface area contributed by atoms with E-state index < -0.39 is 58.0 Å². The average Bonchev–Trinajstić information content (AvgIpc) is 2.93. The van der Waals surface area contributed by atoms with Crippen LogP contribution in [0.25, 0.3) is 16.9 Å². The molecule has 0 heterocycles. The first-order valence-electron chi connectivity index (χ1n) is 14.1. The van der Waals surface area contributed by atoms with E-state index in [1.54, 1.807) is 27.3 Å². The lowest BCUT2D eigenvalue weighted by Crippen LogP contribution is -2.65. The maximum absolute atomic E-state index is 14.1. The maximum atomic E-state index is 14.1. The predicted octanol–water partition coefficient (Wildman–Crippen LogP) is 2.14. The first-order chi connectivity index (χ1) is 20.2. The van der Waals surface area contributed by atoms with Gasteiger partial charge in [0.25, 0.3) is 5.91 Å². The van der Waals surface area contributed by atoms with Crippen LogP contribution in [0.5, 0.6) is 11.5 Å². The molecule has 0 aliphatic heterocycles. The van der Waals surface area contributed by atoms with E-state index in [9.17, 15) is 34.8 Å². The molecule has 1 amide bonds. The third-order valence-electron chi connectivity index (χ3n) is 8.87. The number of phenols is 1. The summed E-state index contributed by atoms with van der Waals surface area (Å²) >= 11 is 0. The summed E-state index contributed by atoms with van der Waals surface area (Å²) < 4.78 is 5.67. The number of ether oxygens (including phenoxy) is 1.